The Hall–Kier alpha value is -1.72. The molecule has 1 aromatic carbocycles. The summed E-state index contributed by atoms with van der Waals surface area (Å²) in [5, 5.41) is 4.01. The van der Waals surface area contributed by atoms with E-state index < -0.39 is 0 Å². The Morgan fingerprint density at radius 3 is 2.71 bits per heavy atom. The van der Waals surface area contributed by atoms with Gasteiger partial charge in [-0.1, -0.05) is 0 Å². The van der Waals surface area contributed by atoms with Crippen molar-refractivity contribution in [2.24, 2.45) is 0 Å². The first-order chi connectivity index (χ1) is 9.65. The van der Waals surface area contributed by atoms with E-state index in [0.29, 0.717) is 29.9 Å². The van der Waals surface area contributed by atoms with Gasteiger partial charge in [0.1, 0.15) is 5.82 Å². The maximum absolute atomic E-state index is 13.2. The predicted octanol–water partition coefficient (Wildman–Crippen LogP) is 2.15. The number of aromatic nitrogens is 1. The molecular formula is C15H17ClFN3O. The standard InChI is InChI=1S/C15H16FN3O.ClH/c1-10-13(15(20)19-6-4-17-5-7-19)8-11-2-3-12(16)9-14(11)18-10;/h2-3,8-9,17H,4-7H2,1H3;1H. The fourth-order valence-electron chi connectivity index (χ4n) is 2.49. The summed E-state index contributed by atoms with van der Waals surface area (Å²) in [7, 11) is 0. The maximum Gasteiger partial charge on any atom is 0.255 e. The van der Waals surface area contributed by atoms with E-state index >= 15 is 0 Å². The van der Waals surface area contributed by atoms with Crippen LogP contribution < -0.4 is 5.32 Å². The fraction of sp³-hybridized carbons (Fsp3) is 0.333. The van der Waals surface area contributed by atoms with Gasteiger partial charge in [-0.15, -0.1) is 12.4 Å². The van der Waals surface area contributed by atoms with E-state index in [2.05, 4.69) is 10.3 Å². The number of nitrogens with zero attached hydrogens (tertiary/aromatic N) is 2. The normalized spacial score (nSPS) is 14.9. The Labute approximate surface area is 128 Å². The summed E-state index contributed by atoms with van der Waals surface area (Å²) in [4.78, 5) is 18.7. The smallest absolute Gasteiger partial charge is 0.255 e. The number of hydrogen-bond donors (Lipinski definition) is 1. The number of aryl methyl sites for hydroxylation is 1. The second kappa shape index (κ2) is 6.37. The largest absolute Gasteiger partial charge is 0.336 e. The molecule has 2 heterocycles. The van der Waals surface area contributed by atoms with E-state index in [1.807, 2.05) is 11.0 Å². The van der Waals surface area contributed by atoms with Gasteiger partial charge < -0.3 is 10.2 Å². The van der Waals surface area contributed by atoms with Gasteiger partial charge in [0, 0.05) is 37.6 Å². The van der Waals surface area contributed by atoms with Crippen LogP contribution in [0, 0.1) is 12.7 Å². The highest BCUT2D eigenvalue weighted by molar-refractivity contribution is 5.98. The SMILES string of the molecule is Cc1nc2cc(F)ccc2cc1C(=O)N1CCNCC1.Cl. The first-order valence-electron chi connectivity index (χ1n) is 6.72. The fourth-order valence-corrected chi connectivity index (χ4v) is 2.49. The van der Waals surface area contributed by atoms with Gasteiger partial charge in [-0.05, 0) is 25.1 Å². The molecule has 21 heavy (non-hydrogen) atoms. The first-order valence-corrected chi connectivity index (χ1v) is 6.72. The topological polar surface area (TPSA) is 45.2 Å². The van der Waals surface area contributed by atoms with Crippen molar-refractivity contribution in [1.82, 2.24) is 15.2 Å². The number of carbonyl (C=O) groups is 1. The molecule has 1 amide bonds. The summed E-state index contributed by atoms with van der Waals surface area (Å²) >= 11 is 0. The Morgan fingerprint density at radius 1 is 1.29 bits per heavy atom. The van der Waals surface area contributed by atoms with Crippen LogP contribution in [0.25, 0.3) is 10.9 Å². The quantitative estimate of drug-likeness (QED) is 0.878. The molecule has 0 unspecified atom stereocenters. The zero-order chi connectivity index (χ0) is 14.1. The average molecular weight is 310 g/mol. The number of nitrogens with one attached hydrogen (secondary N) is 1. The van der Waals surface area contributed by atoms with E-state index in [1.165, 1.54) is 12.1 Å². The van der Waals surface area contributed by atoms with Crippen molar-refractivity contribution in [3.05, 3.63) is 41.3 Å². The zero-order valence-electron chi connectivity index (χ0n) is 11.7. The molecule has 0 saturated carbocycles. The van der Waals surface area contributed by atoms with Crippen molar-refractivity contribution in [1.29, 1.82) is 0 Å². The Balaban J connectivity index is 0.00000161. The molecule has 2 aromatic rings. The summed E-state index contributed by atoms with van der Waals surface area (Å²) in [6.45, 7) is 4.84. The number of fused-ring (bicyclic) bond motifs is 1. The molecule has 0 radical (unpaired) electrons. The third-order valence-electron chi connectivity index (χ3n) is 3.60. The Kier molecular flexibility index (Phi) is 4.75. The van der Waals surface area contributed by atoms with Crippen LogP contribution >= 0.6 is 12.4 Å². The molecule has 1 N–H and O–H groups in total. The number of piperazine rings is 1. The monoisotopic (exact) mass is 309 g/mol. The average Bonchev–Trinajstić information content (AvgIpc) is 2.46. The third kappa shape index (κ3) is 3.14. The van der Waals surface area contributed by atoms with Crippen LogP contribution in [0.4, 0.5) is 4.39 Å². The molecule has 1 aromatic heterocycles. The maximum atomic E-state index is 13.2. The minimum Gasteiger partial charge on any atom is -0.336 e. The number of benzene rings is 1. The van der Waals surface area contributed by atoms with Gasteiger partial charge in [-0.2, -0.15) is 0 Å². The lowest BCUT2D eigenvalue weighted by atomic mass is 10.1. The van der Waals surface area contributed by atoms with Crippen LogP contribution in [-0.4, -0.2) is 42.0 Å². The first kappa shape index (κ1) is 15.7. The molecule has 0 aliphatic carbocycles. The molecule has 0 atom stereocenters. The summed E-state index contributed by atoms with van der Waals surface area (Å²) in [6.07, 6.45) is 0. The van der Waals surface area contributed by atoms with Crippen LogP contribution in [-0.2, 0) is 0 Å². The van der Waals surface area contributed by atoms with Gasteiger partial charge in [0.25, 0.3) is 5.91 Å². The van der Waals surface area contributed by atoms with Gasteiger partial charge in [-0.3, -0.25) is 9.78 Å². The molecule has 0 bridgehead atoms. The molecule has 4 nitrogen and oxygen atoms in total. The molecule has 112 valence electrons. The van der Waals surface area contributed by atoms with Crippen molar-refractivity contribution >= 4 is 29.2 Å². The van der Waals surface area contributed by atoms with Gasteiger partial charge in [0.2, 0.25) is 0 Å². The second-order valence-corrected chi connectivity index (χ2v) is 5.00. The van der Waals surface area contributed by atoms with Crippen LogP contribution in [0.5, 0.6) is 0 Å². The summed E-state index contributed by atoms with van der Waals surface area (Å²) in [6, 6.07) is 6.24. The lowest BCUT2D eigenvalue weighted by Crippen LogP contribution is -2.46. The van der Waals surface area contributed by atoms with Gasteiger partial charge in [0.15, 0.2) is 0 Å². The van der Waals surface area contributed by atoms with Gasteiger partial charge >= 0.3 is 0 Å². The van der Waals surface area contributed by atoms with Crippen molar-refractivity contribution in [3.8, 4) is 0 Å². The number of pyridine rings is 1. The molecule has 1 aliphatic rings. The Bertz CT molecular complexity index is 671. The molecule has 1 saturated heterocycles. The van der Waals surface area contributed by atoms with E-state index in [1.54, 1.807) is 13.0 Å². The zero-order valence-corrected chi connectivity index (χ0v) is 12.5. The van der Waals surface area contributed by atoms with E-state index in [-0.39, 0.29) is 24.1 Å². The third-order valence-corrected chi connectivity index (χ3v) is 3.60. The predicted molar refractivity (Wildman–Crippen MR) is 82.5 cm³/mol. The molecule has 3 rings (SSSR count). The number of hydrogen-bond acceptors (Lipinski definition) is 3. The highest BCUT2D eigenvalue weighted by Gasteiger charge is 2.20. The molecule has 6 heteroatoms. The van der Waals surface area contributed by atoms with E-state index in [4.69, 9.17) is 0 Å². The van der Waals surface area contributed by atoms with Crippen LogP contribution in [0.15, 0.2) is 24.3 Å². The van der Waals surface area contributed by atoms with Crippen molar-refractivity contribution in [2.45, 2.75) is 6.92 Å². The van der Waals surface area contributed by atoms with Crippen LogP contribution in [0.2, 0.25) is 0 Å². The highest BCUT2D eigenvalue weighted by atomic mass is 35.5. The van der Waals surface area contributed by atoms with Crippen molar-refractivity contribution in [3.63, 3.8) is 0 Å². The van der Waals surface area contributed by atoms with Crippen molar-refractivity contribution < 1.29 is 9.18 Å². The molecular weight excluding hydrogens is 293 g/mol. The second-order valence-electron chi connectivity index (χ2n) is 5.00. The van der Waals surface area contributed by atoms with Crippen LogP contribution in [0.1, 0.15) is 16.1 Å². The Morgan fingerprint density at radius 2 is 2.00 bits per heavy atom. The van der Waals surface area contributed by atoms with Crippen molar-refractivity contribution in [2.75, 3.05) is 26.2 Å². The van der Waals surface area contributed by atoms with E-state index in [9.17, 15) is 9.18 Å². The molecule has 1 aliphatic heterocycles. The number of amides is 1. The number of halogens is 2. The van der Waals surface area contributed by atoms with Crippen LogP contribution in [0.3, 0.4) is 0 Å². The summed E-state index contributed by atoms with van der Waals surface area (Å²) in [5.74, 6) is -0.312. The lowest BCUT2D eigenvalue weighted by molar-refractivity contribution is 0.0735. The summed E-state index contributed by atoms with van der Waals surface area (Å²) in [5.41, 5.74) is 1.83. The number of carbonyl (C=O) groups excluding carboxylic acids is 1. The molecule has 0 spiro atoms. The summed E-state index contributed by atoms with van der Waals surface area (Å²) < 4.78 is 13.2. The highest BCUT2D eigenvalue weighted by Crippen LogP contribution is 2.19. The minimum absolute atomic E-state index is 0. The lowest BCUT2D eigenvalue weighted by Gasteiger charge is -2.27. The van der Waals surface area contributed by atoms with Gasteiger partial charge in [0.05, 0.1) is 16.8 Å². The minimum atomic E-state index is -0.314. The van der Waals surface area contributed by atoms with E-state index in [0.717, 1.165) is 18.5 Å². The number of rotatable bonds is 1. The van der Waals surface area contributed by atoms with Gasteiger partial charge in [-0.25, -0.2) is 4.39 Å². The molecule has 1 fully saturated rings.